The van der Waals surface area contributed by atoms with Crippen LogP contribution in [0.15, 0.2) is 54.6 Å². The zero-order chi connectivity index (χ0) is 30.5. The van der Waals surface area contributed by atoms with Crippen molar-refractivity contribution in [2.75, 3.05) is 44.3 Å². The number of methoxy groups -OCH3 is 3. The van der Waals surface area contributed by atoms with Gasteiger partial charge < -0.3 is 33.9 Å². The highest BCUT2D eigenvalue weighted by molar-refractivity contribution is 6.08. The smallest absolute Gasteiger partial charge is 0.303 e. The van der Waals surface area contributed by atoms with E-state index in [1.165, 1.54) is 11.3 Å². The highest BCUT2D eigenvalue weighted by Gasteiger charge is 2.38. The van der Waals surface area contributed by atoms with Gasteiger partial charge in [0.05, 0.1) is 34.0 Å². The summed E-state index contributed by atoms with van der Waals surface area (Å²) >= 11 is 0. The van der Waals surface area contributed by atoms with E-state index in [2.05, 4.69) is 30.0 Å². The van der Waals surface area contributed by atoms with Crippen LogP contribution in [0.5, 0.6) is 23.0 Å². The number of anilines is 2. The fourth-order valence-electron chi connectivity index (χ4n) is 6.31. The van der Waals surface area contributed by atoms with Gasteiger partial charge in [0.2, 0.25) is 5.75 Å². The number of ether oxygens (including phenoxy) is 4. The number of aliphatic carboxylic acids is 1. The van der Waals surface area contributed by atoms with Crippen molar-refractivity contribution in [1.29, 1.82) is 0 Å². The van der Waals surface area contributed by atoms with Crippen molar-refractivity contribution in [2.45, 2.75) is 57.5 Å². The maximum absolute atomic E-state index is 14.1. The Morgan fingerprint density at radius 1 is 0.930 bits per heavy atom. The van der Waals surface area contributed by atoms with E-state index in [0.29, 0.717) is 42.3 Å². The Balaban J connectivity index is 1.41. The molecule has 2 aliphatic rings. The fourth-order valence-corrected chi connectivity index (χ4v) is 6.31. The molecule has 2 aliphatic heterocycles. The van der Waals surface area contributed by atoms with Crippen molar-refractivity contribution in [3.63, 3.8) is 0 Å². The van der Waals surface area contributed by atoms with Crippen LogP contribution < -0.4 is 28.7 Å². The van der Waals surface area contributed by atoms with E-state index in [0.717, 1.165) is 42.8 Å². The van der Waals surface area contributed by atoms with Crippen LogP contribution in [0.2, 0.25) is 0 Å². The predicted octanol–water partition coefficient (Wildman–Crippen LogP) is 6.28. The van der Waals surface area contributed by atoms with Gasteiger partial charge in [-0.25, -0.2) is 0 Å². The SMILES string of the molecule is COc1cc(C(=O)N2c3ccccc3C(N3CCCc4cc(OCCCCC(=O)O)ccc43)CC2C)cc(OC)c1OC. The Bertz CT molecular complexity index is 1450. The van der Waals surface area contributed by atoms with Gasteiger partial charge in [0.25, 0.3) is 5.91 Å². The van der Waals surface area contributed by atoms with Crippen LogP contribution in [-0.4, -0.2) is 57.5 Å². The molecule has 0 bridgehead atoms. The summed E-state index contributed by atoms with van der Waals surface area (Å²) in [4.78, 5) is 29.2. The van der Waals surface area contributed by atoms with Crippen molar-refractivity contribution in [2.24, 2.45) is 0 Å². The molecule has 0 fully saturated rings. The average molecular weight is 589 g/mol. The number of hydrogen-bond acceptors (Lipinski definition) is 7. The molecule has 43 heavy (non-hydrogen) atoms. The number of carboxylic acid groups (broad SMARTS) is 1. The first-order valence-electron chi connectivity index (χ1n) is 14.8. The van der Waals surface area contributed by atoms with Crippen LogP contribution in [0.3, 0.4) is 0 Å². The minimum atomic E-state index is -0.777. The summed E-state index contributed by atoms with van der Waals surface area (Å²) in [6.07, 6.45) is 4.24. The van der Waals surface area contributed by atoms with E-state index in [9.17, 15) is 9.59 Å². The zero-order valence-corrected chi connectivity index (χ0v) is 25.3. The number of unbranched alkanes of at least 4 members (excludes halogenated alkanes) is 1. The molecule has 9 heteroatoms. The molecule has 1 N–H and O–H groups in total. The number of amides is 1. The number of carbonyl (C=O) groups excluding carboxylic acids is 1. The van der Waals surface area contributed by atoms with E-state index in [4.69, 9.17) is 24.1 Å². The van der Waals surface area contributed by atoms with Crippen molar-refractivity contribution >= 4 is 23.3 Å². The van der Waals surface area contributed by atoms with Gasteiger partial charge >= 0.3 is 5.97 Å². The zero-order valence-electron chi connectivity index (χ0n) is 25.3. The number of carbonyl (C=O) groups is 2. The molecule has 5 rings (SSSR count). The van der Waals surface area contributed by atoms with Gasteiger partial charge in [-0.1, -0.05) is 18.2 Å². The van der Waals surface area contributed by atoms with Gasteiger partial charge in [-0.3, -0.25) is 9.59 Å². The van der Waals surface area contributed by atoms with Gasteiger partial charge in [-0.15, -0.1) is 0 Å². The van der Waals surface area contributed by atoms with Gasteiger partial charge in [-0.2, -0.15) is 0 Å². The normalized spacial score (nSPS) is 17.5. The standard InChI is InChI=1S/C34H40N2O7/c1-22-18-29(35-16-9-10-23-19-25(14-15-27(23)35)43-17-8-7-13-32(37)38)26-11-5-6-12-28(26)36(22)34(39)24-20-30(40-2)33(42-4)31(21-24)41-3/h5-6,11-12,14-15,19-22,29H,7-10,13,16-18H2,1-4H3,(H,37,38). The largest absolute Gasteiger partial charge is 0.494 e. The molecule has 228 valence electrons. The van der Waals surface area contributed by atoms with Crippen molar-refractivity contribution in [3.8, 4) is 23.0 Å². The van der Waals surface area contributed by atoms with Gasteiger partial charge in [0.15, 0.2) is 11.5 Å². The molecule has 0 aliphatic carbocycles. The lowest BCUT2D eigenvalue weighted by Gasteiger charge is -2.46. The molecule has 2 unspecified atom stereocenters. The summed E-state index contributed by atoms with van der Waals surface area (Å²) in [6, 6.07) is 17.9. The topological polar surface area (TPSA) is 97.8 Å². The summed E-state index contributed by atoms with van der Waals surface area (Å²) in [5, 5.41) is 8.84. The molecule has 3 aromatic rings. The van der Waals surface area contributed by atoms with Crippen molar-refractivity contribution in [3.05, 3.63) is 71.3 Å². The number of fused-ring (bicyclic) bond motifs is 2. The van der Waals surface area contributed by atoms with Crippen LogP contribution in [0, 0.1) is 0 Å². The third-order valence-corrected chi connectivity index (χ3v) is 8.33. The second-order valence-electron chi connectivity index (χ2n) is 11.0. The molecule has 3 aromatic carbocycles. The third-order valence-electron chi connectivity index (χ3n) is 8.33. The minimum Gasteiger partial charge on any atom is -0.494 e. The molecule has 1 amide bonds. The number of para-hydroxylation sites is 1. The molecule has 0 saturated heterocycles. The maximum atomic E-state index is 14.1. The van der Waals surface area contributed by atoms with Gasteiger partial charge in [-0.05, 0) is 86.6 Å². The number of aryl methyl sites for hydroxylation is 1. The molecule has 0 spiro atoms. The van der Waals surface area contributed by atoms with E-state index in [1.807, 2.05) is 29.2 Å². The average Bonchev–Trinajstić information content (AvgIpc) is 3.02. The maximum Gasteiger partial charge on any atom is 0.303 e. The summed E-state index contributed by atoms with van der Waals surface area (Å²) < 4.78 is 22.5. The highest BCUT2D eigenvalue weighted by atomic mass is 16.5. The molecule has 2 heterocycles. The summed E-state index contributed by atoms with van der Waals surface area (Å²) in [7, 11) is 4.63. The molecular weight excluding hydrogens is 548 g/mol. The van der Waals surface area contributed by atoms with Crippen molar-refractivity contribution in [1.82, 2.24) is 0 Å². The Hall–Kier alpha value is -4.40. The lowest BCUT2D eigenvalue weighted by molar-refractivity contribution is -0.137. The quantitative estimate of drug-likeness (QED) is 0.262. The predicted molar refractivity (Wildman–Crippen MR) is 165 cm³/mol. The number of carboxylic acids is 1. The first-order valence-corrected chi connectivity index (χ1v) is 14.8. The first kappa shape index (κ1) is 30.1. The molecule has 0 radical (unpaired) electrons. The van der Waals surface area contributed by atoms with E-state index < -0.39 is 5.97 Å². The fraction of sp³-hybridized carbons (Fsp3) is 0.412. The monoisotopic (exact) mass is 588 g/mol. The van der Waals surface area contributed by atoms with E-state index in [-0.39, 0.29) is 24.4 Å². The molecule has 0 saturated carbocycles. The van der Waals surface area contributed by atoms with Crippen LogP contribution in [0.4, 0.5) is 11.4 Å². The Morgan fingerprint density at radius 2 is 1.67 bits per heavy atom. The lowest BCUT2D eigenvalue weighted by Crippen LogP contribution is -2.47. The Labute approximate surface area is 252 Å². The third kappa shape index (κ3) is 6.21. The molecule has 2 atom stereocenters. The number of nitrogens with zero attached hydrogens (tertiary/aromatic N) is 2. The minimum absolute atomic E-state index is 0.0646. The van der Waals surface area contributed by atoms with Gasteiger partial charge in [0, 0.05) is 35.9 Å². The Morgan fingerprint density at radius 3 is 2.37 bits per heavy atom. The summed E-state index contributed by atoms with van der Waals surface area (Å²) in [6.45, 7) is 3.53. The number of benzene rings is 3. The first-order chi connectivity index (χ1) is 20.9. The van der Waals surface area contributed by atoms with Crippen molar-refractivity contribution < 1.29 is 33.6 Å². The second-order valence-corrected chi connectivity index (χ2v) is 11.0. The molecule has 9 nitrogen and oxygen atoms in total. The van der Waals surface area contributed by atoms with E-state index >= 15 is 0 Å². The summed E-state index contributed by atoms with van der Waals surface area (Å²) in [5.74, 6) is 1.24. The number of rotatable bonds is 11. The van der Waals surface area contributed by atoms with Crippen LogP contribution in [0.1, 0.15) is 66.6 Å². The lowest BCUT2D eigenvalue weighted by atomic mass is 9.87. The molecular formula is C34H40N2O7. The Kier molecular flexibility index (Phi) is 9.28. The van der Waals surface area contributed by atoms with Crippen LogP contribution >= 0.6 is 0 Å². The number of hydrogen-bond donors (Lipinski definition) is 1. The second kappa shape index (κ2) is 13.3. The van der Waals surface area contributed by atoms with E-state index in [1.54, 1.807) is 33.5 Å². The van der Waals surface area contributed by atoms with Crippen LogP contribution in [-0.2, 0) is 11.2 Å². The highest BCUT2D eigenvalue weighted by Crippen LogP contribution is 2.46. The summed E-state index contributed by atoms with van der Waals surface area (Å²) in [5.41, 5.74) is 4.93. The van der Waals surface area contributed by atoms with Gasteiger partial charge in [0.1, 0.15) is 5.75 Å². The van der Waals surface area contributed by atoms with Crippen LogP contribution in [0.25, 0.3) is 0 Å². The molecule has 0 aromatic heterocycles.